The van der Waals surface area contributed by atoms with Gasteiger partial charge in [-0.1, -0.05) is 12.1 Å². The van der Waals surface area contributed by atoms with Crippen molar-refractivity contribution in [3.63, 3.8) is 0 Å². The molecule has 1 rings (SSSR count). The molecule has 0 atom stereocenters. The lowest BCUT2D eigenvalue weighted by atomic mass is 10.2. The smallest absolute Gasteiger partial charge is 0.0364 e. The van der Waals surface area contributed by atoms with Crippen LogP contribution in [0.3, 0.4) is 0 Å². The molecule has 0 aliphatic heterocycles. The van der Waals surface area contributed by atoms with Crippen LogP contribution in [-0.2, 0) is 6.54 Å². The Morgan fingerprint density at radius 1 is 1.23 bits per heavy atom. The van der Waals surface area contributed by atoms with Crippen LogP contribution in [0.15, 0.2) is 24.3 Å². The predicted octanol–water partition coefficient (Wildman–Crippen LogP) is 2.05. The second-order valence-electron chi connectivity index (χ2n) is 2.77. The average Bonchev–Trinajstić information content (AvgIpc) is 2.05. The van der Waals surface area contributed by atoms with Gasteiger partial charge in [0.1, 0.15) is 0 Å². The fourth-order valence-corrected chi connectivity index (χ4v) is 0.962. The van der Waals surface area contributed by atoms with Gasteiger partial charge in [-0.2, -0.15) is 0 Å². The van der Waals surface area contributed by atoms with Gasteiger partial charge in [-0.05, 0) is 17.7 Å². The molecule has 1 aromatic rings. The third-order valence-corrected chi connectivity index (χ3v) is 1.66. The van der Waals surface area contributed by atoms with Crippen LogP contribution in [0.5, 0.6) is 0 Å². The van der Waals surface area contributed by atoms with Crippen molar-refractivity contribution in [3.8, 4) is 0 Å². The molecule has 0 unspecified atom stereocenters. The van der Waals surface area contributed by atoms with Gasteiger partial charge in [-0.15, -0.1) is 24.8 Å². The molecule has 2 N–H and O–H groups in total. The summed E-state index contributed by atoms with van der Waals surface area (Å²) in [6, 6.07) is 8.23. The number of hydrogen-bond donors (Lipinski definition) is 1. The Morgan fingerprint density at radius 3 is 2.31 bits per heavy atom. The molecule has 1 aromatic carbocycles. The number of nitrogens with two attached hydrogens (primary N) is 1. The molecule has 0 aliphatic carbocycles. The Labute approximate surface area is 91.9 Å². The number of benzene rings is 1. The van der Waals surface area contributed by atoms with E-state index in [0.717, 1.165) is 0 Å². The predicted molar refractivity (Wildman–Crippen MR) is 63.2 cm³/mol. The number of rotatable bonds is 2. The van der Waals surface area contributed by atoms with Crippen LogP contribution in [0.25, 0.3) is 0 Å². The summed E-state index contributed by atoms with van der Waals surface area (Å²) in [5.74, 6) is 0. The standard InChI is InChI=1S/C9H14N2.2ClH/c1-11(2)9-5-3-4-8(6-9)7-10;;/h3-6H,7,10H2,1-2H3;2*1H. The monoisotopic (exact) mass is 222 g/mol. The van der Waals surface area contributed by atoms with Gasteiger partial charge in [0.2, 0.25) is 0 Å². The number of halogens is 2. The van der Waals surface area contributed by atoms with E-state index in [9.17, 15) is 0 Å². The summed E-state index contributed by atoms with van der Waals surface area (Å²) in [6.07, 6.45) is 0. The molecule has 0 saturated carbocycles. The van der Waals surface area contributed by atoms with Crippen molar-refractivity contribution in [3.05, 3.63) is 29.8 Å². The summed E-state index contributed by atoms with van der Waals surface area (Å²) in [7, 11) is 4.05. The van der Waals surface area contributed by atoms with E-state index in [0.29, 0.717) is 6.54 Å². The summed E-state index contributed by atoms with van der Waals surface area (Å²) < 4.78 is 0. The second-order valence-corrected chi connectivity index (χ2v) is 2.77. The Balaban J connectivity index is 0. The SMILES string of the molecule is CN(C)c1cccc(CN)c1.Cl.Cl. The van der Waals surface area contributed by atoms with Crippen molar-refractivity contribution in [2.45, 2.75) is 6.54 Å². The fraction of sp³-hybridized carbons (Fsp3) is 0.333. The van der Waals surface area contributed by atoms with Gasteiger partial charge in [-0.3, -0.25) is 0 Å². The van der Waals surface area contributed by atoms with Crippen LogP contribution in [0.2, 0.25) is 0 Å². The van der Waals surface area contributed by atoms with Crippen molar-refractivity contribution in [1.29, 1.82) is 0 Å². The first-order valence-corrected chi connectivity index (χ1v) is 3.70. The lowest BCUT2D eigenvalue weighted by Gasteiger charge is -2.12. The number of nitrogens with zero attached hydrogens (tertiary/aromatic N) is 1. The lowest BCUT2D eigenvalue weighted by molar-refractivity contribution is 1.06. The molecule has 0 spiro atoms. The maximum atomic E-state index is 5.50. The van der Waals surface area contributed by atoms with Gasteiger partial charge in [0.25, 0.3) is 0 Å². The molecule has 0 aromatic heterocycles. The zero-order valence-electron chi connectivity index (χ0n) is 7.86. The van der Waals surface area contributed by atoms with E-state index in [1.54, 1.807) is 0 Å². The van der Waals surface area contributed by atoms with E-state index in [2.05, 4.69) is 17.0 Å². The molecule has 0 aliphatic rings. The number of hydrogen-bond acceptors (Lipinski definition) is 2. The van der Waals surface area contributed by atoms with Crippen molar-refractivity contribution < 1.29 is 0 Å². The minimum absolute atomic E-state index is 0. The van der Waals surface area contributed by atoms with E-state index in [4.69, 9.17) is 5.73 Å². The van der Waals surface area contributed by atoms with Crippen molar-refractivity contribution >= 4 is 30.5 Å². The van der Waals surface area contributed by atoms with Crippen LogP contribution in [-0.4, -0.2) is 14.1 Å². The summed E-state index contributed by atoms with van der Waals surface area (Å²) in [4.78, 5) is 2.07. The number of anilines is 1. The molecule has 0 radical (unpaired) electrons. The quantitative estimate of drug-likeness (QED) is 0.831. The largest absolute Gasteiger partial charge is 0.378 e. The van der Waals surface area contributed by atoms with Crippen LogP contribution in [0, 0.1) is 0 Å². The summed E-state index contributed by atoms with van der Waals surface area (Å²) in [6.45, 7) is 0.613. The Kier molecular flexibility index (Phi) is 8.12. The van der Waals surface area contributed by atoms with Crippen LogP contribution < -0.4 is 10.6 Å². The lowest BCUT2D eigenvalue weighted by Crippen LogP contribution is -2.09. The van der Waals surface area contributed by atoms with Gasteiger partial charge >= 0.3 is 0 Å². The van der Waals surface area contributed by atoms with Crippen molar-refractivity contribution in [1.82, 2.24) is 0 Å². The molecular weight excluding hydrogens is 207 g/mol. The van der Waals surface area contributed by atoms with Gasteiger partial charge in [0, 0.05) is 26.3 Å². The summed E-state index contributed by atoms with van der Waals surface area (Å²) >= 11 is 0. The first-order valence-electron chi connectivity index (χ1n) is 3.70. The topological polar surface area (TPSA) is 29.3 Å². The first-order chi connectivity index (χ1) is 5.24. The van der Waals surface area contributed by atoms with Crippen LogP contribution in [0.4, 0.5) is 5.69 Å². The second kappa shape index (κ2) is 7.01. The van der Waals surface area contributed by atoms with E-state index < -0.39 is 0 Å². The van der Waals surface area contributed by atoms with Gasteiger partial charge < -0.3 is 10.6 Å². The van der Waals surface area contributed by atoms with E-state index in [1.807, 2.05) is 26.2 Å². The Bertz CT molecular complexity index is 239. The molecular formula is C9H16Cl2N2. The highest BCUT2D eigenvalue weighted by atomic mass is 35.5. The molecule has 13 heavy (non-hydrogen) atoms. The highest BCUT2D eigenvalue weighted by Crippen LogP contribution is 2.12. The Hall–Kier alpha value is -0.440. The van der Waals surface area contributed by atoms with Crippen LogP contribution in [0.1, 0.15) is 5.56 Å². The normalized spacial score (nSPS) is 8.23. The molecule has 4 heteroatoms. The third kappa shape index (κ3) is 4.36. The van der Waals surface area contributed by atoms with E-state index >= 15 is 0 Å². The molecule has 0 heterocycles. The minimum atomic E-state index is 0. The van der Waals surface area contributed by atoms with E-state index in [-0.39, 0.29) is 24.8 Å². The summed E-state index contributed by atoms with van der Waals surface area (Å²) in [5.41, 5.74) is 7.88. The van der Waals surface area contributed by atoms with Crippen molar-refractivity contribution in [2.24, 2.45) is 5.73 Å². The maximum Gasteiger partial charge on any atom is 0.0364 e. The molecule has 0 bridgehead atoms. The highest BCUT2D eigenvalue weighted by Gasteiger charge is 1.94. The maximum absolute atomic E-state index is 5.50. The fourth-order valence-electron chi connectivity index (χ4n) is 0.962. The van der Waals surface area contributed by atoms with Gasteiger partial charge in [0.05, 0.1) is 0 Å². The molecule has 76 valence electrons. The average molecular weight is 223 g/mol. The summed E-state index contributed by atoms with van der Waals surface area (Å²) in [5, 5.41) is 0. The Morgan fingerprint density at radius 2 is 1.85 bits per heavy atom. The third-order valence-electron chi connectivity index (χ3n) is 1.66. The zero-order chi connectivity index (χ0) is 8.27. The molecule has 0 saturated heterocycles. The van der Waals surface area contributed by atoms with Gasteiger partial charge in [-0.25, -0.2) is 0 Å². The molecule has 2 nitrogen and oxygen atoms in total. The molecule has 0 fully saturated rings. The van der Waals surface area contributed by atoms with Crippen molar-refractivity contribution in [2.75, 3.05) is 19.0 Å². The molecule has 0 amide bonds. The van der Waals surface area contributed by atoms with E-state index in [1.165, 1.54) is 11.3 Å². The highest BCUT2D eigenvalue weighted by molar-refractivity contribution is 5.85. The van der Waals surface area contributed by atoms with Crippen LogP contribution >= 0.6 is 24.8 Å². The minimum Gasteiger partial charge on any atom is -0.378 e. The van der Waals surface area contributed by atoms with Gasteiger partial charge in [0.15, 0.2) is 0 Å². The zero-order valence-corrected chi connectivity index (χ0v) is 9.49. The first kappa shape index (κ1) is 15.1.